The van der Waals surface area contributed by atoms with Gasteiger partial charge in [-0.15, -0.1) is 0 Å². The smallest absolute Gasteiger partial charge is 0.159 e. The Bertz CT molecular complexity index is 1140. The second-order valence-corrected chi connectivity index (χ2v) is 8.57. The molecule has 0 saturated heterocycles. The Kier molecular flexibility index (Phi) is 5.15. The molecule has 0 unspecified atom stereocenters. The zero-order valence-corrected chi connectivity index (χ0v) is 16.9. The summed E-state index contributed by atoms with van der Waals surface area (Å²) in [6.45, 7) is 3.11. The Balaban J connectivity index is 1.66. The number of ketones is 2. The van der Waals surface area contributed by atoms with Crippen molar-refractivity contribution in [2.45, 2.75) is 23.6 Å². The summed E-state index contributed by atoms with van der Waals surface area (Å²) < 4.78 is 0. The first-order valence-electron chi connectivity index (χ1n) is 8.67. The fourth-order valence-corrected chi connectivity index (χ4v) is 5.26. The first-order chi connectivity index (χ1) is 13.5. The molecule has 0 radical (unpaired) electrons. The van der Waals surface area contributed by atoms with E-state index in [1.165, 1.54) is 0 Å². The maximum Gasteiger partial charge on any atom is 0.159 e. The lowest BCUT2D eigenvalue weighted by Gasteiger charge is -2.08. The summed E-state index contributed by atoms with van der Waals surface area (Å²) in [7, 11) is 3.28. The van der Waals surface area contributed by atoms with Crippen LogP contribution in [0.1, 0.15) is 34.6 Å². The van der Waals surface area contributed by atoms with Crippen LogP contribution in [0.15, 0.2) is 70.7 Å². The van der Waals surface area contributed by atoms with Gasteiger partial charge in [0.1, 0.15) is 0 Å². The lowest BCUT2D eigenvalue weighted by molar-refractivity contribution is 0.100. The van der Waals surface area contributed by atoms with E-state index < -0.39 is 0 Å². The molecule has 0 spiro atoms. The zero-order valence-electron chi connectivity index (χ0n) is 15.3. The lowest BCUT2D eigenvalue weighted by atomic mass is 10.1. The van der Waals surface area contributed by atoms with Gasteiger partial charge in [-0.25, -0.2) is 0 Å². The summed E-state index contributed by atoms with van der Waals surface area (Å²) >= 11 is 0. The SMILES string of the molecule is CC(=O)c1ccc2c(SSc3ccnc4cc(C(C)=O)ccc34)ccnc2c1. The molecule has 4 rings (SSSR count). The quantitative estimate of drug-likeness (QED) is 0.301. The summed E-state index contributed by atoms with van der Waals surface area (Å²) in [5, 5.41) is 2.03. The number of benzene rings is 2. The van der Waals surface area contributed by atoms with Gasteiger partial charge in [-0.3, -0.25) is 19.6 Å². The number of fused-ring (bicyclic) bond motifs is 2. The molecule has 0 amide bonds. The Morgan fingerprint density at radius 2 is 1.11 bits per heavy atom. The van der Waals surface area contributed by atoms with E-state index in [1.54, 1.807) is 47.8 Å². The van der Waals surface area contributed by atoms with Crippen LogP contribution in [-0.4, -0.2) is 21.5 Å². The average Bonchev–Trinajstić information content (AvgIpc) is 2.71. The number of carbonyl (C=O) groups is 2. The molecule has 2 aromatic heterocycles. The number of pyridine rings is 2. The van der Waals surface area contributed by atoms with Crippen molar-refractivity contribution >= 4 is 55.0 Å². The van der Waals surface area contributed by atoms with Crippen LogP contribution in [0.4, 0.5) is 0 Å². The van der Waals surface area contributed by atoms with E-state index in [0.29, 0.717) is 11.1 Å². The molecule has 0 fully saturated rings. The molecule has 0 bridgehead atoms. The van der Waals surface area contributed by atoms with Gasteiger partial charge >= 0.3 is 0 Å². The van der Waals surface area contributed by atoms with Crippen molar-refractivity contribution in [1.29, 1.82) is 0 Å². The molecule has 0 saturated carbocycles. The van der Waals surface area contributed by atoms with Gasteiger partial charge in [-0.05, 0) is 38.1 Å². The first kappa shape index (κ1) is 18.7. The highest BCUT2D eigenvalue weighted by Crippen LogP contribution is 2.42. The van der Waals surface area contributed by atoms with Crippen LogP contribution in [-0.2, 0) is 0 Å². The predicted molar refractivity (Wildman–Crippen MR) is 115 cm³/mol. The van der Waals surface area contributed by atoms with Gasteiger partial charge < -0.3 is 0 Å². The van der Waals surface area contributed by atoms with E-state index >= 15 is 0 Å². The van der Waals surface area contributed by atoms with Crippen molar-refractivity contribution in [3.63, 3.8) is 0 Å². The van der Waals surface area contributed by atoms with Crippen molar-refractivity contribution in [3.8, 4) is 0 Å². The number of hydrogen-bond acceptors (Lipinski definition) is 6. The van der Waals surface area contributed by atoms with Gasteiger partial charge in [0.15, 0.2) is 11.6 Å². The van der Waals surface area contributed by atoms with Crippen LogP contribution in [0, 0.1) is 0 Å². The third-order valence-corrected chi connectivity index (χ3v) is 6.92. The molecule has 4 nitrogen and oxygen atoms in total. The van der Waals surface area contributed by atoms with Crippen LogP contribution in [0.5, 0.6) is 0 Å². The Morgan fingerprint density at radius 1 is 0.679 bits per heavy atom. The first-order valence-corrected chi connectivity index (χ1v) is 10.8. The fraction of sp³-hybridized carbons (Fsp3) is 0.0909. The maximum absolute atomic E-state index is 11.6. The van der Waals surface area contributed by atoms with Crippen LogP contribution < -0.4 is 0 Å². The highest BCUT2D eigenvalue weighted by molar-refractivity contribution is 8.76. The minimum Gasteiger partial charge on any atom is -0.295 e. The molecule has 0 N–H and O–H groups in total. The third kappa shape index (κ3) is 3.66. The highest BCUT2D eigenvalue weighted by Gasteiger charge is 2.10. The number of hydrogen-bond donors (Lipinski definition) is 0. The molecule has 6 heteroatoms. The average molecular weight is 405 g/mol. The summed E-state index contributed by atoms with van der Waals surface area (Å²) in [5.41, 5.74) is 2.94. The second kappa shape index (κ2) is 7.73. The van der Waals surface area contributed by atoms with Crippen molar-refractivity contribution in [1.82, 2.24) is 9.97 Å². The monoisotopic (exact) mass is 404 g/mol. The number of nitrogens with zero attached hydrogens (tertiary/aromatic N) is 2. The van der Waals surface area contributed by atoms with Gasteiger partial charge in [0.2, 0.25) is 0 Å². The molecule has 28 heavy (non-hydrogen) atoms. The van der Waals surface area contributed by atoms with Gasteiger partial charge in [-0.1, -0.05) is 45.9 Å². The molecule has 0 aliphatic rings. The molecule has 4 aromatic rings. The minimum absolute atomic E-state index is 0.0318. The third-order valence-electron chi connectivity index (χ3n) is 4.44. The van der Waals surface area contributed by atoms with Gasteiger partial charge in [0, 0.05) is 44.1 Å². The molecule has 0 atom stereocenters. The summed E-state index contributed by atoms with van der Waals surface area (Å²) in [6, 6.07) is 15.2. The van der Waals surface area contributed by atoms with E-state index in [2.05, 4.69) is 9.97 Å². The van der Waals surface area contributed by atoms with Crippen molar-refractivity contribution < 1.29 is 9.59 Å². The second-order valence-electron chi connectivity index (χ2n) is 6.36. The van der Waals surface area contributed by atoms with Crippen LogP contribution >= 0.6 is 21.6 Å². The zero-order chi connectivity index (χ0) is 19.7. The van der Waals surface area contributed by atoms with E-state index in [0.717, 1.165) is 31.6 Å². The predicted octanol–water partition coefficient (Wildman–Crippen LogP) is 5.99. The lowest BCUT2D eigenvalue weighted by Crippen LogP contribution is -1.92. The number of aromatic nitrogens is 2. The molecule has 138 valence electrons. The summed E-state index contributed by atoms with van der Waals surface area (Å²) in [6.07, 6.45) is 3.53. The minimum atomic E-state index is 0.0318. The standard InChI is InChI=1S/C22H16N2O2S2/c1-13(25)15-3-5-17-19(11-15)23-9-7-21(17)27-28-22-8-10-24-20-12-16(14(2)26)4-6-18(20)22/h3-12H,1-2H3. The molecule has 2 aromatic carbocycles. The van der Waals surface area contributed by atoms with E-state index in [9.17, 15) is 9.59 Å². The molecular weight excluding hydrogens is 388 g/mol. The molecule has 0 aliphatic heterocycles. The summed E-state index contributed by atoms with van der Waals surface area (Å²) in [4.78, 5) is 34.2. The van der Waals surface area contributed by atoms with Crippen molar-refractivity contribution in [2.75, 3.05) is 0 Å². The van der Waals surface area contributed by atoms with Gasteiger partial charge in [-0.2, -0.15) is 0 Å². The van der Waals surface area contributed by atoms with Crippen molar-refractivity contribution in [3.05, 3.63) is 72.1 Å². The molecular formula is C22H16N2O2S2. The number of carbonyl (C=O) groups excluding carboxylic acids is 2. The maximum atomic E-state index is 11.6. The van der Waals surface area contributed by atoms with E-state index in [-0.39, 0.29) is 11.6 Å². The largest absolute Gasteiger partial charge is 0.295 e. The Hall–Kier alpha value is -2.70. The van der Waals surface area contributed by atoms with Gasteiger partial charge in [0.25, 0.3) is 0 Å². The van der Waals surface area contributed by atoms with E-state index in [4.69, 9.17) is 0 Å². The van der Waals surface area contributed by atoms with E-state index in [1.807, 2.05) is 48.5 Å². The normalized spacial score (nSPS) is 11.1. The molecule has 2 heterocycles. The van der Waals surface area contributed by atoms with Gasteiger partial charge in [0.05, 0.1) is 11.0 Å². The highest BCUT2D eigenvalue weighted by atomic mass is 33.1. The van der Waals surface area contributed by atoms with Crippen molar-refractivity contribution in [2.24, 2.45) is 0 Å². The fourth-order valence-electron chi connectivity index (χ4n) is 2.92. The summed E-state index contributed by atoms with van der Waals surface area (Å²) in [5.74, 6) is 0.0635. The van der Waals surface area contributed by atoms with Crippen LogP contribution in [0.25, 0.3) is 21.8 Å². The topological polar surface area (TPSA) is 59.9 Å². The Labute approximate surface area is 170 Å². The molecule has 0 aliphatic carbocycles. The number of rotatable bonds is 5. The Morgan fingerprint density at radius 3 is 1.50 bits per heavy atom. The van der Waals surface area contributed by atoms with Crippen LogP contribution in [0.3, 0.4) is 0 Å². The number of Topliss-reactive ketones (excluding diaryl/α,β-unsaturated/α-hetero) is 2. The van der Waals surface area contributed by atoms with Crippen LogP contribution in [0.2, 0.25) is 0 Å².